The second-order valence-electron chi connectivity index (χ2n) is 10.0. The molecule has 2 fully saturated rings. The van der Waals surface area contributed by atoms with Gasteiger partial charge >= 0.3 is 0 Å². The highest BCUT2D eigenvalue weighted by Crippen LogP contribution is 2.27. The summed E-state index contributed by atoms with van der Waals surface area (Å²) >= 11 is 0. The first-order chi connectivity index (χ1) is 15.5. The molecule has 0 aliphatic carbocycles. The van der Waals surface area contributed by atoms with E-state index in [9.17, 15) is 0 Å². The summed E-state index contributed by atoms with van der Waals surface area (Å²) < 4.78 is 11.8. The number of oxazole rings is 1. The zero-order valence-corrected chi connectivity index (χ0v) is 20.4. The highest BCUT2D eigenvalue weighted by Gasteiger charge is 2.26. The molecule has 3 heterocycles. The van der Waals surface area contributed by atoms with Crippen LogP contribution in [0.1, 0.15) is 78.3 Å². The van der Waals surface area contributed by atoms with Crippen LogP contribution in [0.5, 0.6) is 5.75 Å². The van der Waals surface area contributed by atoms with E-state index in [2.05, 4.69) is 37.5 Å². The molecule has 0 amide bonds. The lowest BCUT2D eigenvalue weighted by atomic mass is 9.97. The lowest BCUT2D eigenvalue weighted by molar-refractivity contribution is 0.0938. The topological polar surface area (TPSA) is 41.7 Å². The van der Waals surface area contributed by atoms with Gasteiger partial charge in [0, 0.05) is 42.8 Å². The maximum atomic E-state index is 6.00. The van der Waals surface area contributed by atoms with Gasteiger partial charge in [0.25, 0.3) is 0 Å². The van der Waals surface area contributed by atoms with Crippen LogP contribution in [-0.4, -0.2) is 52.1 Å². The summed E-state index contributed by atoms with van der Waals surface area (Å²) in [5, 5.41) is 0. The first-order valence-electron chi connectivity index (χ1n) is 12.7. The Bertz CT molecular complexity index is 814. The Balaban J connectivity index is 1.26. The number of aromatic nitrogens is 1. The van der Waals surface area contributed by atoms with E-state index in [4.69, 9.17) is 14.1 Å². The molecule has 0 radical (unpaired) electrons. The number of hydrogen-bond acceptors (Lipinski definition) is 5. The van der Waals surface area contributed by atoms with Gasteiger partial charge in [0.1, 0.15) is 12.0 Å². The maximum Gasteiger partial charge on any atom is 0.226 e. The van der Waals surface area contributed by atoms with E-state index in [0.29, 0.717) is 30.1 Å². The predicted octanol–water partition coefficient (Wildman–Crippen LogP) is 6.14. The van der Waals surface area contributed by atoms with Gasteiger partial charge in [0.05, 0.1) is 12.3 Å². The molecule has 1 aromatic heterocycles. The normalized spacial score (nSPS) is 27.5. The monoisotopic (exact) mass is 439 g/mol. The quantitative estimate of drug-likeness (QED) is 0.462. The van der Waals surface area contributed by atoms with Crippen LogP contribution in [0.25, 0.3) is 11.5 Å². The number of rotatable bonds is 8. The molecule has 0 spiro atoms. The zero-order valence-electron chi connectivity index (χ0n) is 20.4. The minimum atomic E-state index is 0.608. The molecule has 4 rings (SSSR count). The Kier molecular flexibility index (Phi) is 7.90. The van der Waals surface area contributed by atoms with Crippen molar-refractivity contribution in [2.75, 3.05) is 13.2 Å². The molecule has 0 bridgehead atoms. The van der Waals surface area contributed by atoms with E-state index >= 15 is 0 Å². The number of benzene rings is 1. The van der Waals surface area contributed by atoms with Crippen LogP contribution in [0.15, 0.2) is 34.9 Å². The third-order valence-electron chi connectivity index (χ3n) is 7.58. The van der Waals surface area contributed by atoms with E-state index in [0.717, 1.165) is 43.1 Å². The van der Waals surface area contributed by atoms with E-state index in [1.54, 1.807) is 0 Å². The fourth-order valence-electron chi connectivity index (χ4n) is 5.53. The minimum absolute atomic E-state index is 0.608. The maximum absolute atomic E-state index is 6.00. The number of nitrogens with zero attached hydrogens (tertiary/aromatic N) is 3. The molecule has 176 valence electrons. The fraction of sp³-hybridized carbons (Fsp3) is 0.667. The van der Waals surface area contributed by atoms with Crippen molar-refractivity contribution >= 4 is 0 Å². The van der Waals surface area contributed by atoms with Gasteiger partial charge in [-0.2, -0.15) is 0 Å². The average Bonchev–Trinajstić information content (AvgIpc) is 3.25. The molecule has 0 N–H and O–H groups in total. The van der Waals surface area contributed by atoms with E-state index in [1.807, 2.05) is 30.5 Å². The molecule has 2 aliphatic heterocycles. The highest BCUT2D eigenvalue weighted by atomic mass is 16.5. The van der Waals surface area contributed by atoms with Gasteiger partial charge in [-0.05, 0) is 84.1 Å². The third-order valence-corrected chi connectivity index (χ3v) is 7.58. The van der Waals surface area contributed by atoms with Crippen LogP contribution < -0.4 is 4.74 Å². The summed E-state index contributed by atoms with van der Waals surface area (Å²) in [5.74, 6) is 1.60. The van der Waals surface area contributed by atoms with E-state index in [-0.39, 0.29) is 0 Å². The van der Waals surface area contributed by atoms with Gasteiger partial charge in [0.15, 0.2) is 0 Å². The summed E-state index contributed by atoms with van der Waals surface area (Å²) in [6, 6.07) is 10.8. The summed E-state index contributed by atoms with van der Waals surface area (Å²) in [6.07, 6.45) is 10.8. The van der Waals surface area contributed by atoms with Crippen molar-refractivity contribution in [2.24, 2.45) is 0 Å². The van der Waals surface area contributed by atoms with Crippen LogP contribution in [0.2, 0.25) is 0 Å². The molecule has 0 saturated carbocycles. The first kappa shape index (κ1) is 23.3. The summed E-state index contributed by atoms with van der Waals surface area (Å²) in [5.41, 5.74) is 2.02. The minimum Gasteiger partial charge on any atom is -0.494 e. The van der Waals surface area contributed by atoms with Gasteiger partial charge in [0.2, 0.25) is 5.89 Å². The molecule has 4 unspecified atom stereocenters. The van der Waals surface area contributed by atoms with Gasteiger partial charge in [-0.15, -0.1) is 0 Å². The number of ether oxygens (including phenoxy) is 1. The molecule has 32 heavy (non-hydrogen) atoms. The Morgan fingerprint density at radius 1 is 0.875 bits per heavy atom. The standard InChI is InChI=1S/C27H41N3O2/c1-20-8-5-9-21(2)29(20)16-7-17-31-26-14-12-24(13-15-26)27-28-25(19-32-27)18-30-22(3)10-6-11-23(30)4/h12-15,19-23H,5-11,16-18H2,1-4H3. The molecule has 5 heteroatoms. The molecule has 1 aromatic carbocycles. The van der Waals surface area contributed by atoms with Crippen LogP contribution in [-0.2, 0) is 6.54 Å². The lowest BCUT2D eigenvalue weighted by Crippen LogP contribution is -2.44. The summed E-state index contributed by atoms with van der Waals surface area (Å²) in [7, 11) is 0. The van der Waals surface area contributed by atoms with Crippen molar-refractivity contribution in [1.29, 1.82) is 0 Å². The van der Waals surface area contributed by atoms with Crippen molar-refractivity contribution in [2.45, 2.75) is 103 Å². The Morgan fingerprint density at radius 3 is 2.09 bits per heavy atom. The van der Waals surface area contributed by atoms with Gasteiger partial charge < -0.3 is 9.15 Å². The van der Waals surface area contributed by atoms with Crippen LogP contribution >= 0.6 is 0 Å². The Morgan fingerprint density at radius 2 is 1.47 bits per heavy atom. The third kappa shape index (κ3) is 5.74. The van der Waals surface area contributed by atoms with Crippen LogP contribution in [0, 0.1) is 0 Å². The molecule has 4 atom stereocenters. The molecule has 2 aromatic rings. The molecule has 5 nitrogen and oxygen atoms in total. The largest absolute Gasteiger partial charge is 0.494 e. The number of likely N-dealkylation sites (tertiary alicyclic amines) is 2. The predicted molar refractivity (Wildman–Crippen MR) is 130 cm³/mol. The van der Waals surface area contributed by atoms with Crippen molar-refractivity contribution in [1.82, 2.24) is 14.8 Å². The van der Waals surface area contributed by atoms with Gasteiger partial charge in [-0.25, -0.2) is 4.98 Å². The van der Waals surface area contributed by atoms with E-state index < -0.39 is 0 Å². The summed E-state index contributed by atoms with van der Waals surface area (Å²) in [6.45, 7) is 12.1. The zero-order chi connectivity index (χ0) is 22.5. The second kappa shape index (κ2) is 10.8. The lowest BCUT2D eigenvalue weighted by Gasteiger charge is -2.39. The van der Waals surface area contributed by atoms with Gasteiger partial charge in [-0.1, -0.05) is 12.8 Å². The molecule has 2 saturated heterocycles. The SMILES string of the molecule is CC1CCCC(C)N1CCCOc1ccc(-c2nc(CN3C(C)CCCC3C)co2)cc1. The molecular formula is C27H41N3O2. The van der Waals surface area contributed by atoms with Crippen molar-refractivity contribution in [3.63, 3.8) is 0 Å². The Hall–Kier alpha value is -1.85. The van der Waals surface area contributed by atoms with Crippen LogP contribution in [0.4, 0.5) is 0 Å². The Labute approximate surface area is 194 Å². The molecular weight excluding hydrogens is 398 g/mol. The summed E-state index contributed by atoms with van der Waals surface area (Å²) in [4.78, 5) is 9.95. The van der Waals surface area contributed by atoms with Crippen molar-refractivity contribution in [3.8, 4) is 17.2 Å². The van der Waals surface area contributed by atoms with Gasteiger partial charge in [-0.3, -0.25) is 9.80 Å². The fourth-order valence-corrected chi connectivity index (χ4v) is 5.53. The average molecular weight is 440 g/mol. The smallest absolute Gasteiger partial charge is 0.226 e. The second-order valence-corrected chi connectivity index (χ2v) is 10.0. The highest BCUT2D eigenvalue weighted by molar-refractivity contribution is 5.54. The van der Waals surface area contributed by atoms with Crippen LogP contribution in [0.3, 0.4) is 0 Å². The number of hydrogen-bond donors (Lipinski definition) is 0. The number of piperidine rings is 2. The molecule has 2 aliphatic rings. The van der Waals surface area contributed by atoms with Crippen molar-refractivity contribution < 1.29 is 9.15 Å². The van der Waals surface area contributed by atoms with Crippen molar-refractivity contribution in [3.05, 3.63) is 36.2 Å². The van der Waals surface area contributed by atoms with E-state index in [1.165, 1.54) is 38.5 Å². The first-order valence-corrected chi connectivity index (χ1v) is 12.7.